The molecule has 2 saturated heterocycles. The van der Waals surface area contributed by atoms with Crippen LogP contribution in [0, 0.1) is 5.92 Å². The summed E-state index contributed by atoms with van der Waals surface area (Å²) in [7, 11) is -3.50. The van der Waals surface area contributed by atoms with E-state index in [9.17, 15) is 18.0 Å². The van der Waals surface area contributed by atoms with E-state index in [4.69, 9.17) is 5.11 Å². The second-order valence-corrected chi connectivity index (χ2v) is 8.14. The maximum Gasteiger partial charge on any atom is 0.308 e. The van der Waals surface area contributed by atoms with Crippen molar-refractivity contribution in [3.63, 3.8) is 0 Å². The summed E-state index contributed by atoms with van der Waals surface area (Å²) < 4.78 is 26.7. The molecule has 0 radical (unpaired) electrons. The van der Waals surface area contributed by atoms with E-state index < -0.39 is 21.9 Å². The summed E-state index contributed by atoms with van der Waals surface area (Å²) in [4.78, 5) is 24.6. The molecule has 2 aliphatic heterocycles. The number of carbonyl (C=O) groups is 2. The highest BCUT2D eigenvalue weighted by Crippen LogP contribution is 2.27. The third-order valence-electron chi connectivity index (χ3n) is 4.58. The molecule has 1 atom stereocenters. The first-order valence-electron chi connectivity index (χ1n) is 8.03. The van der Waals surface area contributed by atoms with Crippen molar-refractivity contribution in [3.8, 4) is 0 Å². The lowest BCUT2D eigenvalue weighted by Crippen LogP contribution is -2.35. The summed E-state index contributed by atoms with van der Waals surface area (Å²) >= 11 is 0. The van der Waals surface area contributed by atoms with Crippen molar-refractivity contribution >= 4 is 27.6 Å². The van der Waals surface area contributed by atoms with Crippen LogP contribution in [0.4, 0.5) is 5.69 Å². The molecule has 3 rings (SSSR count). The number of sulfonamides is 1. The monoisotopic (exact) mass is 352 g/mol. The average molecular weight is 352 g/mol. The van der Waals surface area contributed by atoms with Gasteiger partial charge < -0.3 is 10.0 Å². The smallest absolute Gasteiger partial charge is 0.308 e. The number of nitrogens with zero attached hydrogens (tertiary/aromatic N) is 2. The number of carboxylic acid groups (broad SMARTS) is 1. The van der Waals surface area contributed by atoms with Gasteiger partial charge in [0.15, 0.2) is 0 Å². The summed E-state index contributed by atoms with van der Waals surface area (Å²) in [6.07, 6.45) is 2.77. The van der Waals surface area contributed by atoms with Gasteiger partial charge in [0.2, 0.25) is 15.9 Å². The second kappa shape index (κ2) is 6.52. The van der Waals surface area contributed by atoms with Crippen LogP contribution in [0.3, 0.4) is 0 Å². The number of rotatable bonds is 4. The fraction of sp³-hybridized carbons (Fsp3) is 0.500. The van der Waals surface area contributed by atoms with Crippen LogP contribution in [0.2, 0.25) is 0 Å². The molecule has 1 aromatic rings. The number of amides is 1. The molecule has 1 aromatic carbocycles. The molecule has 2 fully saturated rings. The Morgan fingerprint density at radius 1 is 1.08 bits per heavy atom. The van der Waals surface area contributed by atoms with Gasteiger partial charge in [-0.1, -0.05) is 6.42 Å². The van der Waals surface area contributed by atoms with Crippen molar-refractivity contribution in [1.82, 2.24) is 4.31 Å². The van der Waals surface area contributed by atoms with Crippen LogP contribution >= 0.6 is 0 Å². The first kappa shape index (κ1) is 16.9. The van der Waals surface area contributed by atoms with Crippen molar-refractivity contribution < 1.29 is 23.1 Å². The Balaban J connectivity index is 1.78. The molecule has 0 aromatic heterocycles. The quantitative estimate of drug-likeness (QED) is 0.881. The summed E-state index contributed by atoms with van der Waals surface area (Å²) in [5, 5.41) is 9.03. The lowest BCUT2D eigenvalue weighted by molar-refractivity contribution is -0.141. The van der Waals surface area contributed by atoms with Gasteiger partial charge in [-0.15, -0.1) is 0 Å². The number of aliphatic carboxylic acids is 1. The highest BCUT2D eigenvalue weighted by molar-refractivity contribution is 7.89. The Kier molecular flexibility index (Phi) is 4.60. The number of piperidine rings is 1. The second-order valence-electron chi connectivity index (χ2n) is 6.20. The number of hydrogen-bond donors (Lipinski definition) is 1. The number of benzene rings is 1. The summed E-state index contributed by atoms with van der Waals surface area (Å²) in [5.74, 6) is -1.96. The van der Waals surface area contributed by atoms with Crippen molar-refractivity contribution in [1.29, 1.82) is 0 Å². The maximum atomic E-state index is 12.6. The van der Waals surface area contributed by atoms with Gasteiger partial charge >= 0.3 is 5.97 Å². The molecule has 1 N–H and O–H groups in total. The first-order valence-corrected chi connectivity index (χ1v) is 9.47. The van der Waals surface area contributed by atoms with E-state index in [1.807, 2.05) is 0 Å². The van der Waals surface area contributed by atoms with E-state index in [-0.39, 0.29) is 23.8 Å². The Bertz CT molecular complexity index is 738. The highest BCUT2D eigenvalue weighted by atomic mass is 32.2. The first-order chi connectivity index (χ1) is 11.4. The molecule has 0 bridgehead atoms. The van der Waals surface area contributed by atoms with Crippen LogP contribution in [0.5, 0.6) is 0 Å². The summed E-state index contributed by atoms with van der Waals surface area (Å²) in [5.41, 5.74) is 0.529. The van der Waals surface area contributed by atoms with Gasteiger partial charge in [0.25, 0.3) is 0 Å². The van der Waals surface area contributed by atoms with Crippen molar-refractivity contribution in [2.24, 2.45) is 5.92 Å². The zero-order valence-corrected chi connectivity index (χ0v) is 14.0. The zero-order valence-electron chi connectivity index (χ0n) is 13.2. The van der Waals surface area contributed by atoms with Gasteiger partial charge in [0.1, 0.15) is 0 Å². The fourth-order valence-electron chi connectivity index (χ4n) is 3.17. The van der Waals surface area contributed by atoms with Crippen LogP contribution in [-0.2, 0) is 19.6 Å². The Labute approximate surface area is 140 Å². The van der Waals surface area contributed by atoms with Gasteiger partial charge in [0, 0.05) is 31.7 Å². The molecule has 1 amide bonds. The molecule has 2 aliphatic rings. The van der Waals surface area contributed by atoms with Gasteiger partial charge in [0.05, 0.1) is 10.8 Å². The van der Waals surface area contributed by atoms with E-state index in [1.54, 1.807) is 12.1 Å². The van der Waals surface area contributed by atoms with Crippen LogP contribution < -0.4 is 4.90 Å². The highest BCUT2D eigenvalue weighted by Gasteiger charge is 2.35. The fourth-order valence-corrected chi connectivity index (χ4v) is 4.69. The molecular weight excluding hydrogens is 332 g/mol. The lowest BCUT2D eigenvalue weighted by atomic mass is 10.1. The summed E-state index contributed by atoms with van der Waals surface area (Å²) in [6.45, 7) is 1.19. The standard InChI is InChI=1S/C16H20N2O5S/c19-15-10-12(16(20)21)11-18(15)13-4-6-14(7-5-13)24(22,23)17-8-2-1-3-9-17/h4-7,12H,1-3,8-11H2,(H,20,21)/t12-/m1/s1. The predicted octanol–water partition coefficient (Wildman–Crippen LogP) is 1.30. The molecule has 0 saturated carbocycles. The maximum absolute atomic E-state index is 12.6. The SMILES string of the molecule is O=C(O)[C@@H]1CC(=O)N(c2ccc(S(=O)(=O)N3CCCCC3)cc2)C1. The normalized spacial score (nSPS) is 22.8. The summed E-state index contributed by atoms with van der Waals surface area (Å²) in [6, 6.07) is 6.11. The van der Waals surface area contributed by atoms with Crippen LogP contribution in [0.25, 0.3) is 0 Å². The molecular formula is C16H20N2O5S. The molecule has 0 unspecified atom stereocenters. The van der Waals surface area contributed by atoms with E-state index in [0.29, 0.717) is 18.8 Å². The molecule has 8 heteroatoms. The third-order valence-corrected chi connectivity index (χ3v) is 6.49. The minimum atomic E-state index is -3.50. The Morgan fingerprint density at radius 2 is 1.71 bits per heavy atom. The van der Waals surface area contributed by atoms with Crippen molar-refractivity contribution in [2.75, 3.05) is 24.5 Å². The minimum absolute atomic E-state index is 0.0246. The van der Waals surface area contributed by atoms with E-state index in [0.717, 1.165) is 19.3 Å². The number of carboxylic acids is 1. The average Bonchev–Trinajstić information content (AvgIpc) is 2.98. The molecule has 130 valence electrons. The number of anilines is 1. The third kappa shape index (κ3) is 3.16. The number of carbonyl (C=O) groups excluding carboxylic acids is 1. The molecule has 24 heavy (non-hydrogen) atoms. The van der Waals surface area contributed by atoms with Crippen LogP contribution in [0.1, 0.15) is 25.7 Å². The van der Waals surface area contributed by atoms with E-state index in [1.165, 1.54) is 21.3 Å². The number of hydrogen-bond acceptors (Lipinski definition) is 4. The van der Waals surface area contributed by atoms with Gasteiger partial charge in [-0.3, -0.25) is 9.59 Å². The Morgan fingerprint density at radius 3 is 2.25 bits per heavy atom. The largest absolute Gasteiger partial charge is 0.481 e. The van der Waals surface area contributed by atoms with Gasteiger partial charge in [-0.2, -0.15) is 4.31 Å². The van der Waals surface area contributed by atoms with Crippen LogP contribution in [-0.4, -0.2) is 49.3 Å². The van der Waals surface area contributed by atoms with E-state index in [2.05, 4.69) is 0 Å². The molecule has 0 aliphatic carbocycles. The Hall–Kier alpha value is -1.93. The van der Waals surface area contributed by atoms with Crippen molar-refractivity contribution in [2.45, 2.75) is 30.6 Å². The molecule has 2 heterocycles. The zero-order chi connectivity index (χ0) is 17.3. The topological polar surface area (TPSA) is 95.0 Å². The van der Waals surface area contributed by atoms with E-state index >= 15 is 0 Å². The minimum Gasteiger partial charge on any atom is -0.481 e. The molecule has 7 nitrogen and oxygen atoms in total. The van der Waals surface area contributed by atoms with Crippen LogP contribution in [0.15, 0.2) is 29.2 Å². The van der Waals surface area contributed by atoms with Gasteiger partial charge in [-0.25, -0.2) is 8.42 Å². The van der Waals surface area contributed by atoms with Crippen molar-refractivity contribution in [3.05, 3.63) is 24.3 Å². The van der Waals surface area contributed by atoms with Gasteiger partial charge in [-0.05, 0) is 37.1 Å². The molecule has 0 spiro atoms. The lowest BCUT2D eigenvalue weighted by Gasteiger charge is -2.26. The predicted molar refractivity (Wildman–Crippen MR) is 87.1 cm³/mol.